The smallest absolute Gasteiger partial charge is 0.262 e. The van der Waals surface area contributed by atoms with Crippen LogP contribution in [0.2, 0.25) is 0 Å². The number of pyridine rings is 1. The molecule has 0 unspecified atom stereocenters. The van der Waals surface area contributed by atoms with E-state index in [0.29, 0.717) is 18.0 Å². The minimum Gasteiger partial charge on any atom is -0.494 e. The Morgan fingerprint density at radius 3 is 2.32 bits per heavy atom. The van der Waals surface area contributed by atoms with Gasteiger partial charge in [0.2, 0.25) is 0 Å². The van der Waals surface area contributed by atoms with Gasteiger partial charge in [0, 0.05) is 18.1 Å². The summed E-state index contributed by atoms with van der Waals surface area (Å²) in [6.07, 6.45) is 2.87. The van der Waals surface area contributed by atoms with Crippen LogP contribution in [0.5, 0.6) is 5.75 Å². The van der Waals surface area contributed by atoms with Crippen molar-refractivity contribution in [3.05, 3.63) is 48.8 Å². The largest absolute Gasteiger partial charge is 0.494 e. The summed E-state index contributed by atoms with van der Waals surface area (Å²) in [5.41, 5.74) is 0.486. The summed E-state index contributed by atoms with van der Waals surface area (Å²) < 4.78 is 31.9. The maximum Gasteiger partial charge on any atom is 0.262 e. The van der Waals surface area contributed by atoms with Crippen LogP contribution in [0.4, 0.5) is 5.69 Å². The van der Waals surface area contributed by atoms with Gasteiger partial charge in [-0.2, -0.15) is 0 Å². The van der Waals surface area contributed by atoms with Gasteiger partial charge in [0.05, 0.1) is 11.5 Å². The Bertz CT molecular complexity index is 625. The Hall–Kier alpha value is -2.08. The maximum atomic E-state index is 12.0. The van der Waals surface area contributed by atoms with Gasteiger partial charge in [0.1, 0.15) is 5.75 Å². The quantitative estimate of drug-likeness (QED) is 0.911. The zero-order chi connectivity index (χ0) is 13.7. The number of hydrogen-bond acceptors (Lipinski definition) is 4. The van der Waals surface area contributed by atoms with Crippen molar-refractivity contribution < 1.29 is 13.2 Å². The Morgan fingerprint density at radius 2 is 1.74 bits per heavy atom. The molecular weight excluding hydrogens is 264 g/mol. The lowest BCUT2D eigenvalue weighted by Crippen LogP contribution is -2.12. The van der Waals surface area contributed by atoms with Crippen molar-refractivity contribution in [3.8, 4) is 5.75 Å². The molecule has 1 N–H and O–H groups in total. The van der Waals surface area contributed by atoms with E-state index < -0.39 is 10.0 Å². The first-order chi connectivity index (χ1) is 9.12. The van der Waals surface area contributed by atoms with E-state index in [1.54, 1.807) is 24.3 Å². The molecule has 0 saturated heterocycles. The average Bonchev–Trinajstić information content (AvgIpc) is 2.42. The highest BCUT2D eigenvalue weighted by atomic mass is 32.2. The van der Waals surface area contributed by atoms with Crippen molar-refractivity contribution in [2.24, 2.45) is 0 Å². The van der Waals surface area contributed by atoms with E-state index in [2.05, 4.69) is 9.71 Å². The monoisotopic (exact) mass is 278 g/mol. The zero-order valence-electron chi connectivity index (χ0n) is 10.4. The van der Waals surface area contributed by atoms with Gasteiger partial charge in [-0.15, -0.1) is 0 Å². The molecule has 0 aliphatic rings. The van der Waals surface area contributed by atoms with Gasteiger partial charge >= 0.3 is 0 Å². The number of benzene rings is 1. The zero-order valence-corrected chi connectivity index (χ0v) is 11.2. The number of sulfonamides is 1. The summed E-state index contributed by atoms with van der Waals surface area (Å²) in [5, 5.41) is 0. The fraction of sp³-hybridized carbons (Fsp3) is 0.154. The maximum absolute atomic E-state index is 12.0. The molecule has 2 rings (SSSR count). The van der Waals surface area contributed by atoms with Crippen molar-refractivity contribution in [2.45, 2.75) is 11.8 Å². The van der Waals surface area contributed by atoms with Crippen LogP contribution in [0.25, 0.3) is 0 Å². The standard InChI is InChI=1S/C13H14N2O3S/c1-2-18-12-5-3-11(4-6-12)15-19(16,17)13-7-9-14-10-8-13/h3-10,15H,2H2,1H3. The number of nitrogens with zero attached hydrogens (tertiary/aromatic N) is 1. The number of ether oxygens (including phenoxy) is 1. The topological polar surface area (TPSA) is 68.3 Å². The third kappa shape index (κ3) is 3.45. The van der Waals surface area contributed by atoms with Crippen LogP contribution in [0.1, 0.15) is 6.92 Å². The summed E-state index contributed by atoms with van der Waals surface area (Å²) >= 11 is 0. The predicted octanol–water partition coefficient (Wildman–Crippen LogP) is 2.28. The molecular formula is C13H14N2O3S. The molecule has 5 nitrogen and oxygen atoms in total. The van der Waals surface area contributed by atoms with Crippen LogP contribution in [0.15, 0.2) is 53.7 Å². The van der Waals surface area contributed by atoms with E-state index in [1.165, 1.54) is 24.5 Å². The summed E-state index contributed by atoms with van der Waals surface area (Å²) in [5.74, 6) is 0.703. The third-order valence-corrected chi connectivity index (χ3v) is 3.77. The highest BCUT2D eigenvalue weighted by Crippen LogP contribution is 2.19. The second kappa shape index (κ2) is 5.71. The number of nitrogens with one attached hydrogen (secondary N) is 1. The Balaban J connectivity index is 2.17. The summed E-state index contributed by atoms with van der Waals surface area (Å²) in [7, 11) is -3.57. The van der Waals surface area contributed by atoms with Crippen molar-refractivity contribution in [1.82, 2.24) is 4.98 Å². The van der Waals surface area contributed by atoms with E-state index in [9.17, 15) is 8.42 Å². The van der Waals surface area contributed by atoms with Gasteiger partial charge in [-0.05, 0) is 43.3 Å². The molecule has 0 spiro atoms. The second-order valence-electron chi connectivity index (χ2n) is 3.75. The molecule has 6 heteroatoms. The van der Waals surface area contributed by atoms with Gasteiger partial charge < -0.3 is 4.74 Å². The first kappa shape index (κ1) is 13.4. The minimum absolute atomic E-state index is 0.177. The Morgan fingerprint density at radius 1 is 1.11 bits per heavy atom. The first-order valence-electron chi connectivity index (χ1n) is 5.77. The molecule has 19 heavy (non-hydrogen) atoms. The lowest BCUT2D eigenvalue weighted by Gasteiger charge is -2.08. The summed E-state index contributed by atoms with van der Waals surface area (Å²) in [6.45, 7) is 2.46. The Kier molecular flexibility index (Phi) is 4.01. The van der Waals surface area contributed by atoms with E-state index >= 15 is 0 Å². The summed E-state index contributed by atoms with van der Waals surface area (Å²) in [6, 6.07) is 9.63. The fourth-order valence-corrected chi connectivity index (χ4v) is 2.56. The molecule has 0 radical (unpaired) electrons. The molecule has 1 heterocycles. The molecule has 0 bridgehead atoms. The van der Waals surface area contributed by atoms with Crippen LogP contribution >= 0.6 is 0 Å². The van der Waals surface area contributed by atoms with E-state index in [4.69, 9.17) is 4.74 Å². The number of anilines is 1. The number of hydrogen-bond donors (Lipinski definition) is 1. The van der Waals surface area contributed by atoms with Crippen LogP contribution in [-0.2, 0) is 10.0 Å². The minimum atomic E-state index is -3.57. The van der Waals surface area contributed by atoms with Gasteiger partial charge in [0.25, 0.3) is 10.0 Å². The SMILES string of the molecule is CCOc1ccc(NS(=O)(=O)c2ccncc2)cc1. The van der Waals surface area contributed by atoms with Crippen LogP contribution in [0.3, 0.4) is 0 Å². The number of aromatic nitrogens is 1. The Labute approximate surface area is 112 Å². The van der Waals surface area contributed by atoms with Crippen LogP contribution < -0.4 is 9.46 Å². The van der Waals surface area contributed by atoms with E-state index in [-0.39, 0.29) is 4.90 Å². The molecule has 0 aliphatic heterocycles. The summed E-state index contributed by atoms with van der Waals surface area (Å²) in [4.78, 5) is 3.97. The normalized spacial score (nSPS) is 11.0. The van der Waals surface area contributed by atoms with Gasteiger partial charge in [-0.3, -0.25) is 9.71 Å². The first-order valence-corrected chi connectivity index (χ1v) is 7.26. The lowest BCUT2D eigenvalue weighted by molar-refractivity contribution is 0.340. The van der Waals surface area contributed by atoms with Crippen LogP contribution in [0, 0.1) is 0 Å². The third-order valence-electron chi connectivity index (χ3n) is 2.38. The molecule has 0 fully saturated rings. The average molecular weight is 278 g/mol. The van der Waals surface area contributed by atoms with Crippen molar-refractivity contribution in [3.63, 3.8) is 0 Å². The van der Waals surface area contributed by atoms with Crippen molar-refractivity contribution in [2.75, 3.05) is 11.3 Å². The van der Waals surface area contributed by atoms with Crippen LogP contribution in [-0.4, -0.2) is 20.0 Å². The molecule has 0 saturated carbocycles. The number of rotatable bonds is 5. The molecule has 100 valence electrons. The highest BCUT2D eigenvalue weighted by molar-refractivity contribution is 7.92. The van der Waals surface area contributed by atoms with Gasteiger partial charge in [0.15, 0.2) is 0 Å². The molecule has 0 aliphatic carbocycles. The lowest BCUT2D eigenvalue weighted by atomic mass is 10.3. The van der Waals surface area contributed by atoms with Gasteiger partial charge in [-0.1, -0.05) is 0 Å². The van der Waals surface area contributed by atoms with E-state index in [1.807, 2.05) is 6.92 Å². The molecule has 1 aromatic heterocycles. The van der Waals surface area contributed by atoms with Crippen molar-refractivity contribution >= 4 is 15.7 Å². The van der Waals surface area contributed by atoms with Crippen molar-refractivity contribution in [1.29, 1.82) is 0 Å². The van der Waals surface area contributed by atoms with E-state index in [0.717, 1.165) is 0 Å². The molecule has 1 aromatic carbocycles. The highest BCUT2D eigenvalue weighted by Gasteiger charge is 2.13. The molecule has 0 atom stereocenters. The second-order valence-corrected chi connectivity index (χ2v) is 5.43. The van der Waals surface area contributed by atoms with Gasteiger partial charge in [-0.25, -0.2) is 8.42 Å². The molecule has 2 aromatic rings. The molecule has 0 amide bonds. The predicted molar refractivity (Wildman–Crippen MR) is 72.7 cm³/mol. The fourth-order valence-electron chi connectivity index (χ4n) is 1.52.